The first kappa shape index (κ1) is 14.7. The molecular weight excluding hydrogens is 261 g/mol. The summed E-state index contributed by atoms with van der Waals surface area (Å²) in [6, 6.07) is 1.03. The molecule has 1 aromatic heterocycles. The number of hydrogen-bond acceptors (Lipinski definition) is 4. The third kappa shape index (κ3) is 3.45. The number of aromatic nitrogens is 1. The van der Waals surface area contributed by atoms with Crippen LogP contribution in [0.1, 0.15) is 24.2 Å². The normalized spacial score (nSPS) is 16.7. The lowest BCUT2D eigenvalue weighted by molar-refractivity contribution is 0.0696. The number of hydrogen-bond donors (Lipinski definition) is 1. The van der Waals surface area contributed by atoms with Crippen LogP contribution in [0.4, 0.5) is 10.2 Å². The standard InChI is InChI=1S/C14H20FN3O2/c1-10(2)9-17-3-5-18(6-4-17)13-12(14(19)20)7-11(15)8-16-13/h7-8,10H,3-6,9H2,1-2H3,(H,19,20). The van der Waals surface area contributed by atoms with Gasteiger partial charge in [0.05, 0.1) is 6.20 Å². The number of piperazine rings is 1. The van der Waals surface area contributed by atoms with E-state index < -0.39 is 11.8 Å². The van der Waals surface area contributed by atoms with Gasteiger partial charge in [-0.25, -0.2) is 14.2 Å². The molecule has 6 heteroatoms. The molecule has 0 saturated carbocycles. The van der Waals surface area contributed by atoms with E-state index in [0.717, 1.165) is 31.9 Å². The summed E-state index contributed by atoms with van der Waals surface area (Å²) in [5, 5.41) is 9.15. The number of carboxylic acid groups (broad SMARTS) is 1. The van der Waals surface area contributed by atoms with Crippen molar-refractivity contribution in [2.45, 2.75) is 13.8 Å². The van der Waals surface area contributed by atoms with E-state index in [2.05, 4.69) is 23.7 Å². The summed E-state index contributed by atoms with van der Waals surface area (Å²) in [5.41, 5.74) is -0.0673. The van der Waals surface area contributed by atoms with E-state index in [-0.39, 0.29) is 5.56 Å². The monoisotopic (exact) mass is 281 g/mol. The van der Waals surface area contributed by atoms with Crippen LogP contribution in [0.3, 0.4) is 0 Å². The van der Waals surface area contributed by atoms with Crippen LogP contribution in [0.2, 0.25) is 0 Å². The van der Waals surface area contributed by atoms with E-state index in [1.54, 1.807) is 0 Å². The zero-order chi connectivity index (χ0) is 14.7. The number of aromatic carboxylic acids is 1. The molecule has 5 nitrogen and oxygen atoms in total. The first-order valence-corrected chi connectivity index (χ1v) is 6.83. The van der Waals surface area contributed by atoms with E-state index in [9.17, 15) is 9.18 Å². The van der Waals surface area contributed by atoms with Gasteiger partial charge >= 0.3 is 5.97 Å². The van der Waals surface area contributed by atoms with Gasteiger partial charge in [0.15, 0.2) is 0 Å². The molecular formula is C14H20FN3O2. The second kappa shape index (κ2) is 6.17. The largest absolute Gasteiger partial charge is 0.478 e. The van der Waals surface area contributed by atoms with Crippen LogP contribution >= 0.6 is 0 Å². The Morgan fingerprint density at radius 3 is 2.60 bits per heavy atom. The smallest absolute Gasteiger partial charge is 0.339 e. The maximum absolute atomic E-state index is 13.1. The lowest BCUT2D eigenvalue weighted by Crippen LogP contribution is -2.48. The van der Waals surface area contributed by atoms with Gasteiger partial charge in [-0.1, -0.05) is 13.8 Å². The second-order valence-corrected chi connectivity index (χ2v) is 5.51. The van der Waals surface area contributed by atoms with Gasteiger partial charge in [0.1, 0.15) is 17.2 Å². The van der Waals surface area contributed by atoms with Crippen LogP contribution < -0.4 is 4.90 Å². The van der Waals surface area contributed by atoms with Gasteiger partial charge in [-0.3, -0.25) is 4.90 Å². The van der Waals surface area contributed by atoms with Crippen molar-refractivity contribution in [1.29, 1.82) is 0 Å². The summed E-state index contributed by atoms with van der Waals surface area (Å²) < 4.78 is 13.1. The molecule has 0 atom stereocenters. The number of carboxylic acids is 1. The molecule has 1 aliphatic heterocycles. The molecule has 0 spiro atoms. The molecule has 110 valence electrons. The van der Waals surface area contributed by atoms with Crippen molar-refractivity contribution in [2.24, 2.45) is 5.92 Å². The first-order valence-electron chi connectivity index (χ1n) is 6.83. The average Bonchev–Trinajstić information content (AvgIpc) is 2.39. The zero-order valence-electron chi connectivity index (χ0n) is 11.8. The number of anilines is 1. The Morgan fingerprint density at radius 2 is 2.05 bits per heavy atom. The van der Waals surface area contributed by atoms with Crippen molar-refractivity contribution in [3.63, 3.8) is 0 Å². The van der Waals surface area contributed by atoms with Gasteiger partial charge in [-0.15, -0.1) is 0 Å². The minimum absolute atomic E-state index is 0.0673. The summed E-state index contributed by atoms with van der Waals surface area (Å²) in [6.45, 7) is 8.56. The number of halogens is 1. The maximum atomic E-state index is 13.1. The maximum Gasteiger partial charge on any atom is 0.339 e. The van der Waals surface area contributed by atoms with E-state index in [1.165, 1.54) is 0 Å². The Balaban J connectivity index is 2.09. The third-order valence-electron chi connectivity index (χ3n) is 3.36. The van der Waals surface area contributed by atoms with Gasteiger partial charge in [0.2, 0.25) is 0 Å². The van der Waals surface area contributed by atoms with E-state index in [1.807, 2.05) is 4.90 Å². The molecule has 0 aliphatic carbocycles. The number of rotatable bonds is 4. The SMILES string of the molecule is CC(C)CN1CCN(c2ncc(F)cc2C(=O)O)CC1. The van der Waals surface area contributed by atoms with Gasteiger partial charge in [-0.05, 0) is 12.0 Å². The molecule has 1 aromatic rings. The van der Waals surface area contributed by atoms with Crippen molar-refractivity contribution in [3.8, 4) is 0 Å². The Morgan fingerprint density at radius 1 is 1.40 bits per heavy atom. The van der Waals surface area contributed by atoms with Crippen molar-refractivity contribution in [1.82, 2.24) is 9.88 Å². The van der Waals surface area contributed by atoms with Crippen molar-refractivity contribution in [3.05, 3.63) is 23.6 Å². The number of carbonyl (C=O) groups is 1. The van der Waals surface area contributed by atoms with Gasteiger partial charge in [-0.2, -0.15) is 0 Å². The average molecular weight is 281 g/mol. The Bertz CT molecular complexity index is 485. The molecule has 2 rings (SSSR count). The van der Waals surface area contributed by atoms with Crippen LogP contribution in [0.25, 0.3) is 0 Å². The quantitative estimate of drug-likeness (QED) is 0.910. The molecule has 20 heavy (non-hydrogen) atoms. The van der Waals surface area contributed by atoms with E-state index >= 15 is 0 Å². The van der Waals surface area contributed by atoms with E-state index in [4.69, 9.17) is 5.11 Å². The van der Waals surface area contributed by atoms with Crippen molar-refractivity contribution < 1.29 is 14.3 Å². The summed E-state index contributed by atoms with van der Waals surface area (Å²) in [6.07, 6.45) is 1.07. The molecule has 2 heterocycles. The summed E-state index contributed by atoms with van der Waals surface area (Å²) >= 11 is 0. The molecule has 0 aromatic carbocycles. The highest BCUT2D eigenvalue weighted by molar-refractivity contribution is 5.93. The summed E-state index contributed by atoms with van der Waals surface area (Å²) in [7, 11) is 0. The molecule has 1 N–H and O–H groups in total. The zero-order valence-corrected chi connectivity index (χ0v) is 11.8. The molecule has 0 bridgehead atoms. The van der Waals surface area contributed by atoms with Gasteiger partial charge in [0.25, 0.3) is 0 Å². The predicted octanol–water partition coefficient (Wildman–Crippen LogP) is 1.70. The molecule has 0 radical (unpaired) electrons. The van der Waals surface area contributed by atoms with Crippen molar-refractivity contribution in [2.75, 3.05) is 37.6 Å². The first-order chi connectivity index (χ1) is 9.47. The Hall–Kier alpha value is -1.69. The number of pyridine rings is 1. The molecule has 1 saturated heterocycles. The molecule has 0 amide bonds. The van der Waals surface area contributed by atoms with Crippen LogP contribution in [-0.2, 0) is 0 Å². The molecule has 0 unspecified atom stereocenters. The minimum atomic E-state index is -1.14. The lowest BCUT2D eigenvalue weighted by atomic mass is 10.1. The highest BCUT2D eigenvalue weighted by Gasteiger charge is 2.23. The van der Waals surface area contributed by atoms with Gasteiger partial charge < -0.3 is 10.0 Å². The highest BCUT2D eigenvalue weighted by atomic mass is 19.1. The molecule has 1 fully saturated rings. The third-order valence-corrected chi connectivity index (χ3v) is 3.36. The fraction of sp³-hybridized carbons (Fsp3) is 0.571. The number of nitrogens with zero attached hydrogens (tertiary/aromatic N) is 3. The van der Waals surface area contributed by atoms with Gasteiger partial charge in [0, 0.05) is 32.7 Å². The Kier molecular flexibility index (Phi) is 4.54. The molecule has 1 aliphatic rings. The minimum Gasteiger partial charge on any atom is -0.478 e. The van der Waals surface area contributed by atoms with Crippen LogP contribution in [0, 0.1) is 11.7 Å². The summed E-state index contributed by atoms with van der Waals surface area (Å²) in [4.78, 5) is 19.4. The fourth-order valence-electron chi connectivity index (χ4n) is 2.50. The topological polar surface area (TPSA) is 56.7 Å². The second-order valence-electron chi connectivity index (χ2n) is 5.51. The van der Waals surface area contributed by atoms with E-state index in [0.29, 0.717) is 24.8 Å². The lowest BCUT2D eigenvalue weighted by Gasteiger charge is -2.36. The van der Waals surface area contributed by atoms with Crippen LogP contribution in [0.15, 0.2) is 12.3 Å². The fourth-order valence-corrected chi connectivity index (χ4v) is 2.50. The Labute approximate surface area is 118 Å². The van der Waals surface area contributed by atoms with Crippen molar-refractivity contribution >= 4 is 11.8 Å². The van der Waals surface area contributed by atoms with Crippen LogP contribution in [0.5, 0.6) is 0 Å². The summed E-state index contributed by atoms with van der Waals surface area (Å²) in [5.74, 6) is -0.788. The van der Waals surface area contributed by atoms with Crippen LogP contribution in [-0.4, -0.2) is 53.7 Å². The predicted molar refractivity (Wildman–Crippen MR) is 74.6 cm³/mol. The highest BCUT2D eigenvalue weighted by Crippen LogP contribution is 2.20.